The Kier molecular flexibility index (Phi) is 2.01. The number of nitrogens with one attached hydrogen (secondary N) is 1. The molecule has 0 amide bonds. The summed E-state index contributed by atoms with van der Waals surface area (Å²) in [5, 5.41) is 15.3. The third kappa shape index (κ3) is 1.05. The molecule has 3 nitrogen and oxygen atoms in total. The van der Waals surface area contributed by atoms with Gasteiger partial charge in [-0.3, -0.25) is 10.5 Å². The molecule has 5 atom stereocenters. The zero-order valence-corrected chi connectivity index (χ0v) is 10.1. The molecule has 2 fully saturated rings. The molecule has 0 spiro atoms. The van der Waals surface area contributed by atoms with Crippen LogP contribution in [0.5, 0.6) is 0 Å². The van der Waals surface area contributed by atoms with E-state index in [1.807, 2.05) is 0 Å². The Hall–Kier alpha value is -0.800. The highest BCUT2D eigenvalue weighted by Crippen LogP contribution is 2.53. The molecule has 88 valence electrons. The first-order chi connectivity index (χ1) is 7.55. The first-order valence-corrected chi connectivity index (χ1v) is 6.18. The molecule has 2 heterocycles. The van der Waals surface area contributed by atoms with Crippen molar-refractivity contribution in [3.05, 3.63) is 23.9 Å². The molecule has 0 saturated carbocycles. The summed E-state index contributed by atoms with van der Waals surface area (Å²) in [6.07, 6.45) is 6.37. The zero-order chi connectivity index (χ0) is 11.5. The van der Waals surface area contributed by atoms with Crippen molar-refractivity contribution >= 4 is 0 Å². The van der Waals surface area contributed by atoms with Crippen LogP contribution in [0, 0.1) is 23.7 Å². The van der Waals surface area contributed by atoms with Crippen molar-refractivity contribution in [2.75, 3.05) is 6.54 Å². The zero-order valence-electron chi connectivity index (χ0n) is 10.1. The van der Waals surface area contributed by atoms with E-state index in [0.717, 1.165) is 12.2 Å². The smallest absolute Gasteiger partial charge is 0.117 e. The van der Waals surface area contributed by atoms with Gasteiger partial charge in [0.2, 0.25) is 0 Å². The summed E-state index contributed by atoms with van der Waals surface area (Å²) in [6.45, 7) is 7.65. The van der Waals surface area contributed by atoms with Crippen LogP contribution < -0.4 is 5.32 Å². The molecule has 0 aromatic heterocycles. The van der Waals surface area contributed by atoms with Gasteiger partial charge in [0.05, 0.1) is 0 Å². The lowest BCUT2D eigenvalue weighted by Crippen LogP contribution is -2.50. The van der Waals surface area contributed by atoms with E-state index >= 15 is 0 Å². The van der Waals surface area contributed by atoms with Crippen LogP contribution in [0.15, 0.2) is 23.9 Å². The molecule has 3 rings (SSSR count). The first kappa shape index (κ1) is 10.4. The van der Waals surface area contributed by atoms with Crippen molar-refractivity contribution in [2.24, 2.45) is 23.7 Å². The molecular formula is C13H20N2O. The molecule has 0 radical (unpaired) electrons. The fourth-order valence-electron chi connectivity index (χ4n) is 3.91. The molecule has 2 N–H and O–H groups in total. The van der Waals surface area contributed by atoms with Crippen molar-refractivity contribution in [1.82, 2.24) is 10.4 Å². The van der Waals surface area contributed by atoms with Gasteiger partial charge < -0.3 is 0 Å². The van der Waals surface area contributed by atoms with Crippen LogP contribution in [-0.4, -0.2) is 22.5 Å². The molecule has 3 aliphatic rings. The Labute approximate surface area is 96.8 Å². The van der Waals surface area contributed by atoms with Gasteiger partial charge in [-0.05, 0) is 24.8 Å². The minimum atomic E-state index is -0.268. The van der Waals surface area contributed by atoms with Gasteiger partial charge in [-0.25, -0.2) is 5.06 Å². The van der Waals surface area contributed by atoms with Crippen LogP contribution in [-0.2, 0) is 0 Å². The van der Waals surface area contributed by atoms with Crippen LogP contribution in [0.2, 0.25) is 0 Å². The van der Waals surface area contributed by atoms with E-state index in [1.165, 1.54) is 5.06 Å². The van der Waals surface area contributed by atoms with Crippen LogP contribution in [0.25, 0.3) is 0 Å². The van der Waals surface area contributed by atoms with Crippen molar-refractivity contribution in [3.63, 3.8) is 0 Å². The minimum absolute atomic E-state index is 0.268. The third-order valence-electron chi connectivity index (χ3n) is 4.71. The fraction of sp³-hybridized carbons (Fsp3) is 0.692. The summed E-state index contributed by atoms with van der Waals surface area (Å²) in [7, 11) is 0. The van der Waals surface area contributed by atoms with Gasteiger partial charge in [0, 0.05) is 24.1 Å². The van der Waals surface area contributed by atoms with Gasteiger partial charge in [0.15, 0.2) is 0 Å². The monoisotopic (exact) mass is 220 g/mol. The van der Waals surface area contributed by atoms with E-state index in [0.29, 0.717) is 23.7 Å². The summed E-state index contributed by atoms with van der Waals surface area (Å²) in [4.78, 5) is 0. The highest BCUT2D eigenvalue weighted by atomic mass is 16.5. The van der Waals surface area contributed by atoms with Crippen molar-refractivity contribution in [3.8, 4) is 0 Å². The van der Waals surface area contributed by atoms with Crippen molar-refractivity contribution in [2.45, 2.75) is 26.4 Å². The Morgan fingerprint density at radius 2 is 2.25 bits per heavy atom. The number of allylic oxidation sites excluding steroid dienone is 4. The lowest BCUT2D eigenvalue weighted by molar-refractivity contribution is -0.133. The molecule has 0 aromatic rings. The Bertz CT molecular complexity index is 376. The van der Waals surface area contributed by atoms with Crippen LogP contribution in [0.1, 0.15) is 20.8 Å². The van der Waals surface area contributed by atoms with Gasteiger partial charge in [-0.2, -0.15) is 0 Å². The van der Waals surface area contributed by atoms with Crippen molar-refractivity contribution < 1.29 is 5.21 Å². The molecule has 3 heteroatoms. The summed E-state index contributed by atoms with van der Waals surface area (Å²) in [5.74, 6) is 2.10. The maximum atomic E-state index is 10.4. The van der Waals surface area contributed by atoms with Gasteiger partial charge >= 0.3 is 0 Å². The highest BCUT2D eigenvalue weighted by molar-refractivity contribution is 5.30. The SMILES string of the molecule is CC1C=CC=C2C1C1C(C)CNC1(C)N2O. The first-order valence-electron chi connectivity index (χ1n) is 6.18. The third-order valence-corrected chi connectivity index (χ3v) is 4.71. The van der Waals surface area contributed by atoms with Gasteiger partial charge in [0.25, 0.3) is 0 Å². The Morgan fingerprint density at radius 1 is 1.50 bits per heavy atom. The second-order valence-electron chi connectivity index (χ2n) is 5.70. The number of hydroxylamine groups is 2. The molecule has 1 aliphatic carbocycles. The lowest BCUT2D eigenvalue weighted by atomic mass is 9.73. The predicted molar refractivity (Wildman–Crippen MR) is 62.6 cm³/mol. The van der Waals surface area contributed by atoms with Gasteiger partial charge in [-0.1, -0.05) is 26.0 Å². The van der Waals surface area contributed by atoms with E-state index in [-0.39, 0.29) is 5.66 Å². The second-order valence-corrected chi connectivity index (χ2v) is 5.70. The molecule has 5 unspecified atom stereocenters. The fourth-order valence-corrected chi connectivity index (χ4v) is 3.91. The van der Waals surface area contributed by atoms with Crippen LogP contribution in [0.3, 0.4) is 0 Å². The molecule has 0 bridgehead atoms. The van der Waals surface area contributed by atoms with E-state index < -0.39 is 0 Å². The maximum Gasteiger partial charge on any atom is 0.117 e. The van der Waals surface area contributed by atoms with E-state index in [2.05, 4.69) is 44.3 Å². The Morgan fingerprint density at radius 3 is 3.00 bits per heavy atom. The van der Waals surface area contributed by atoms with Crippen LogP contribution in [0.4, 0.5) is 0 Å². The topological polar surface area (TPSA) is 35.5 Å². The molecule has 2 aliphatic heterocycles. The highest BCUT2D eigenvalue weighted by Gasteiger charge is 2.59. The summed E-state index contributed by atoms with van der Waals surface area (Å²) >= 11 is 0. The van der Waals surface area contributed by atoms with E-state index in [9.17, 15) is 5.21 Å². The summed E-state index contributed by atoms with van der Waals surface area (Å²) in [5.41, 5.74) is 0.817. The largest absolute Gasteiger partial charge is 0.293 e. The normalized spacial score (nSPS) is 50.2. The van der Waals surface area contributed by atoms with E-state index in [1.54, 1.807) is 0 Å². The quantitative estimate of drug-likeness (QED) is 0.655. The molecule has 2 saturated heterocycles. The second kappa shape index (κ2) is 3.11. The average molecular weight is 220 g/mol. The maximum absolute atomic E-state index is 10.4. The van der Waals surface area contributed by atoms with Gasteiger partial charge in [0.1, 0.15) is 5.66 Å². The number of hydrogen-bond donors (Lipinski definition) is 2. The Balaban J connectivity index is 2.08. The number of rotatable bonds is 0. The minimum Gasteiger partial charge on any atom is -0.293 e. The van der Waals surface area contributed by atoms with Crippen molar-refractivity contribution in [1.29, 1.82) is 0 Å². The molecule has 0 aromatic carbocycles. The number of nitrogens with zero attached hydrogens (tertiary/aromatic N) is 1. The summed E-state index contributed by atoms with van der Waals surface area (Å²) in [6, 6.07) is 0. The standard InChI is InChI=1S/C13H20N2O/c1-8-5-4-6-10-11(8)12-9(2)7-14-13(12,3)15(10)16/h4-6,8-9,11-12,14,16H,7H2,1-3H3. The van der Waals surface area contributed by atoms with Crippen LogP contribution >= 0.6 is 0 Å². The number of fused-ring (bicyclic) bond motifs is 3. The van der Waals surface area contributed by atoms with Gasteiger partial charge in [-0.15, -0.1) is 0 Å². The lowest BCUT2D eigenvalue weighted by Gasteiger charge is -2.32. The molecular weight excluding hydrogens is 200 g/mol. The molecule has 16 heavy (non-hydrogen) atoms. The van der Waals surface area contributed by atoms with E-state index in [4.69, 9.17) is 0 Å². The predicted octanol–water partition coefficient (Wildman–Crippen LogP) is 1.97. The average Bonchev–Trinajstić information content (AvgIpc) is 2.66. The summed E-state index contributed by atoms with van der Waals surface area (Å²) < 4.78 is 0. The number of hydrogen-bond acceptors (Lipinski definition) is 3.